The molecule has 2 heteroatoms. The van der Waals surface area contributed by atoms with Gasteiger partial charge in [-0.2, -0.15) is 0 Å². The number of rotatable bonds is 5. The molecule has 11 heavy (non-hydrogen) atoms. The summed E-state index contributed by atoms with van der Waals surface area (Å²) in [5, 5.41) is 0. The first-order valence-corrected chi connectivity index (χ1v) is 3.86. The molecule has 0 heterocycles. The molecule has 0 aliphatic rings. The van der Waals surface area contributed by atoms with Gasteiger partial charge in [-0.3, -0.25) is 0 Å². The van der Waals surface area contributed by atoms with Crippen LogP contribution in [0.3, 0.4) is 0 Å². The highest BCUT2D eigenvalue weighted by Gasteiger charge is 2.02. The molecule has 0 rings (SSSR count). The fourth-order valence-corrected chi connectivity index (χ4v) is 0.720. The minimum Gasteiger partial charge on any atom is -0.209 e. The van der Waals surface area contributed by atoms with Gasteiger partial charge in [0, 0.05) is 12.8 Å². The zero-order chi connectivity index (χ0) is 8.69. The second-order valence-electron chi connectivity index (χ2n) is 2.39. The Kier molecular flexibility index (Phi) is 5.71. The average Bonchev–Trinajstić information content (AvgIpc) is 2.00. The van der Waals surface area contributed by atoms with Gasteiger partial charge in [0.2, 0.25) is 0 Å². The third-order valence-electron chi connectivity index (χ3n) is 1.33. The van der Waals surface area contributed by atoms with E-state index in [0.29, 0.717) is 12.8 Å². The van der Waals surface area contributed by atoms with Crippen LogP contribution in [0.4, 0.5) is 8.78 Å². The average molecular weight is 160 g/mol. The summed E-state index contributed by atoms with van der Waals surface area (Å²) in [4.78, 5) is 0. The second-order valence-corrected chi connectivity index (χ2v) is 2.39. The molecule has 0 radical (unpaired) electrons. The van der Waals surface area contributed by atoms with Gasteiger partial charge in [-0.25, -0.2) is 8.78 Å². The lowest BCUT2D eigenvalue weighted by molar-refractivity contribution is 0.485. The standard InChI is InChI=1S/C9H14F2/c1-3-5-7-9(11)8(10)6-4-2/h3H,1,4-7H2,2H3/b9-8+. The van der Waals surface area contributed by atoms with E-state index in [1.807, 2.05) is 6.92 Å². The predicted octanol–water partition coefficient (Wildman–Crippen LogP) is 3.90. The summed E-state index contributed by atoms with van der Waals surface area (Å²) in [6.45, 7) is 5.25. The number of hydrogen-bond acceptors (Lipinski definition) is 0. The Balaban J connectivity index is 3.82. The summed E-state index contributed by atoms with van der Waals surface area (Å²) >= 11 is 0. The first kappa shape index (κ1) is 10.3. The summed E-state index contributed by atoms with van der Waals surface area (Å²) < 4.78 is 25.2. The summed E-state index contributed by atoms with van der Waals surface area (Å²) in [5.74, 6) is -1.22. The van der Waals surface area contributed by atoms with Crippen molar-refractivity contribution in [3.8, 4) is 0 Å². The van der Waals surface area contributed by atoms with Gasteiger partial charge in [0.1, 0.15) is 11.7 Å². The van der Waals surface area contributed by atoms with E-state index in [0.717, 1.165) is 0 Å². The fourth-order valence-electron chi connectivity index (χ4n) is 0.720. The molecule has 0 unspecified atom stereocenters. The van der Waals surface area contributed by atoms with Crippen molar-refractivity contribution < 1.29 is 8.78 Å². The molecule has 0 N–H and O–H groups in total. The Morgan fingerprint density at radius 3 is 2.27 bits per heavy atom. The molecular weight excluding hydrogens is 146 g/mol. The molecule has 0 aliphatic carbocycles. The van der Waals surface area contributed by atoms with Crippen molar-refractivity contribution >= 4 is 0 Å². The third-order valence-corrected chi connectivity index (χ3v) is 1.33. The molecule has 0 aromatic heterocycles. The molecule has 0 atom stereocenters. The van der Waals surface area contributed by atoms with Gasteiger partial charge in [0.15, 0.2) is 0 Å². The Labute approximate surface area is 66.6 Å². The van der Waals surface area contributed by atoms with E-state index in [-0.39, 0.29) is 12.8 Å². The van der Waals surface area contributed by atoms with Crippen molar-refractivity contribution in [1.82, 2.24) is 0 Å². The second kappa shape index (κ2) is 6.08. The van der Waals surface area contributed by atoms with Crippen LogP contribution in [0.25, 0.3) is 0 Å². The zero-order valence-electron chi connectivity index (χ0n) is 6.87. The highest BCUT2D eigenvalue weighted by atomic mass is 19.2. The minimum atomic E-state index is -0.619. The Bertz CT molecular complexity index is 148. The predicted molar refractivity (Wildman–Crippen MR) is 43.6 cm³/mol. The van der Waals surface area contributed by atoms with Crippen LogP contribution in [0, 0.1) is 0 Å². The summed E-state index contributed by atoms with van der Waals surface area (Å²) in [6.07, 6.45) is 3.09. The van der Waals surface area contributed by atoms with Crippen molar-refractivity contribution in [2.24, 2.45) is 0 Å². The van der Waals surface area contributed by atoms with Crippen LogP contribution in [0.15, 0.2) is 24.3 Å². The minimum absolute atomic E-state index is 0.148. The fraction of sp³-hybridized carbons (Fsp3) is 0.556. The molecule has 0 saturated carbocycles. The maximum atomic E-state index is 12.6. The normalized spacial score (nSPS) is 12.6. The first-order valence-electron chi connectivity index (χ1n) is 3.86. The van der Waals surface area contributed by atoms with Crippen LogP contribution in [0.1, 0.15) is 32.6 Å². The van der Waals surface area contributed by atoms with Crippen LogP contribution >= 0.6 is 0 Å². The number of allylic oxidation sites excluding steroid dienone is 3. The molecule has 0 saturated heterocycles. The van der Waals surface area contributed by atoms with E-state index in [1.165, 1.54) is 0 Å². The zero-order valence-corrected chi connectivity index (χ0v) is 6.87. The van der Waals surface area contributed by atoms with Crippen LogP contribution in [-0.2, 0) is 0 Å². The van der Waals surface area contributed by atoms with Gasteiger partial charge in [-0.1, -0.05) is 13.0 Å². The Morgan fingerprint density at radius 2 is 1.82 bits per heavy atom. The van der Waals surface area contributed by atoms with Crippen molar-refractivity contribution in [2.75, 3.05) is 0 Å². The van der Waals surface area contributed by atoms with E-state index in [9.17, 15) is 8.78 Å². The molecule has 0 nitrogen and oxygen atoms in total. The Morgan fingerprint density at radius 1 is 1.27 bits per heavy atom. The smallest absolute Gasteiger partial charge is 0.132 e. The molecule has 0 bridgehead atoms. The summed E-state index contributed by atoms with van der Waals surface area (Å²) in [5.41, 5.74) is 0. The van der Waals surface area contributed by atoms with E-state index < -0.39 is 11.7 Å². The van der Waals surface area contributed by atoms with Gasteiger partial charge in [0.05, 0.1) is 0 Å². The maximum absolute atomic E-state index is 12.6. The SMILES string of the molecule is C=CCC/C(F)=C(\F)CCC. The molecule has 0 aromatic rings. The Hall–Kier alpha value is -0.660. The van der Waals surface area contributed by atoms with Gasteiger partial charge < -0.3 is 0 Å². The highest BCUT2D eigenvalue weighted by Crippen LogP contribution is 2.18. The molecule has 0 aliphatic heterocycles. The van der Waals surface area contributed by atoms with Gasteiger partial charge in [-0.05, 0) is 12.8 Å². The summed E-state index contributed by atoms with van der Waals surface area (Å²) in [7, 11) is 0. The van der Waals surface area contributed by atoms with Crippen molar-refractivity contribution in [1.29, 1.82) is 0 Å². The monoisotopic (exact) mass is 160 g/mol. The molecule has 0 amide bonds. The van der Waals surface area contributed by atoms with Gasteiger partial charge >= 0.3 is 0 Å². The van der Waals surface area contributed by atoms with Crippen LogP contribution in [-0.4, -0.2) is 0 Å². The topological polar surface area (TPSA) is 0 Å². The summed E-state index contributed by atoms with van der Waals surface area (Å²) in [6, 6.07) is 0. The lowest BCUT2D eigenvalue weighted by atomic mass is 10.2. The molecule has 0 aromatic carbocycles. The quantitative estimate of drug-likeness (QED) is 0.535. The van der Waals surface area contributed by atoms with Gasteiger partial charge in [0.25, 0.3) is 0 Å². The lowest BCUT2D eigenvalue weighted by Gasteiger charge is -1.96. The van der Waals surface area contributed by atoms with Crippen LogP contribution < -0.4 is 0 Å². The van der Waals surface area contributed by atoms with Crippen LogP contribution in [0.2, 0.25) is 0 Å². The first-order chi connectivity index (χ1) is 5.22. The largest absolute Gasteiger partial charge is 0.209 e. The lowest BCUT2D eigenvalue weighted by Crippen LogP contribution is -1.81. The van der Waals surface area contributed by atoms with E-state index in [4.69, 9.17) is 0 Å². The van der Waals surface area contributed by atoms with E-state index >= 15 is 0 Å². The maximum Gasteiger partial charge on any atom is 0.132 e. The molecule has 0 fully saturated rings. The van der Waals surface area contributed by atoms with E-state index in [2.05, 4.69) is 6.58 Å². The highest BCUT2D eigenvalue weighted by molar-refractivity contribution is 5.00. The van der Waals surface area contributed by atoms with E-state index in [1.54, 1.807) is 6.08 Å². The van der Waals surface area contributed by atoms with Gasteiger partial charge in [-0.15, -0.1) is 6.58 Å². The molecule has 64 valence electrons. The molecule has 0 spiro atoms. The number of hydrogen-bond donors (Lipinski definition) is 0. The molecular formula is C9H14F2. The van der Waals surface area contributed by atoms with Crippen LogP contribution in [0.5, 0.6) is 0 Å². The third kappa shape index (κ3) is 4.71. The van der Waals surface area contributed by atoms with Crippen molar-refractivity contribution in [3.05, 3.63) is 24.3 Å². The van der Waals surface area contributed by atoms with Crippen molar-refractivity contribution in [2.45, 2.75) is 32.6 Å². The number of halogens is 2. The van der Waals surface area contributed by atoms with Crippen molar-refractivity contribution in [3.63, 3.8) is 0 Å².